The molecule has 2 heterocycles. The molecule has 4 rings (SSSR count). The molecular weight excluding hydrogens is 434 g/mol. The Morgan fingerprint density at radius 2 is 1.55 bits per heavy atom. The third-order valence-corrected chi connectivity index (χ3v) is 6.37. The molecule has 0 unspecified atom stereocenters. The molecule has 0 saturated carbocycles. The highest BCUT2D eigenvalue weighted by Crippen LogP contribution is 2.19. The van der Waals surface area contributed by atoms with Crippen LogP contribution in [0.4, 0.5) is 5.69 Å². The van der Waals surface area contributed by atoms with Gasteiger partial charge in [-0.1, -0.05) is 24.3 Å². The van der Waals surface area contributed by atoms with E-state index in [9.17, 15) is 14.4 Å². The Kier molecular flexibility index (Phi) is 7.00. The number of Topliss-reactive ketones (excluding diaryl/α,β-unsaturated/α-hetero) is 1. The van der Waals surface area contributed by atoms with Gasteiger partial charge in [-0.15, -0.1) is 11.3 Å². The van der Waals surface area contributed by atoms with Gasteiger partial charge in [0.25, 0.3) is 11.8 Å². The largest absolute Gasteiger partial charge is 0.368 e. The molecule has 3 aromatic rings. The van der Waals surface area contributed by atoms with Crippen LogP contribution in [-0.4, -0.2) is 48.7 Å². The molecule has 2 aromatic carbocycles. The Balaban J connectivity index is 1.45. The molecule has 0 atom stereocenters. The summed E-state index contributed by atoms with van der Waals surface area (Å²) in [6.07, 6.45) is 1.74. The summed E-state index contributed by atoms with van der Waals surface area (Å²) in [5, 5.41) is 4.75. The fourth-order valence-electron chi connectivity index (χ4n) is 3.70. The van der Waals surface area contributed by atoms with Gasteiger partial charge in [-0.3, -0.25) is 14.4 Å². The number of carbonyl (C=O) groups is 3. The number of rotatable bonds is 6. The van der Waals surface area contributed by atoms with Crippen molar-refractivity contribution in [2.24, 2.45) is 0 Å². The monoisotopic (exact) mass is 459 g/mol. The Labute approximate surface area is 197 Å². The van der Waals surface area contributed by atoms with E-state index in [0.717, 1.165) is 10.6 Å². The van der Waals surface area contributed by atoms with Crippen molar-refractivity contribution >= 4 is 40.7 Å². The molecule has 1 fully saturated rings. The van der Waals surface area contributed by atoms with Gasteiger partial charge in [0.05, 0.1) is 0 Å². The van der Waals surface area contributed by atoms with Gasteiger partial charge in [0.15, 0.2) is 5.78 Å². The van der Waals surface area contributed by atoms with E-state index < -0.39 is 0 Å². The summed E-state index contributed by atoms with van der Waals surface area (Å²) in [4.78, 5) is 42.4. The number of hydrogen-bond donors (Lipinski definition) is 1. The highest BCUT2D eigenvalue weighted by atomic mass is 32.1. The fraction of sp³-hybridized carbons (Fsp3) is 0.192. The second kappa shape index (κ2) is 10.3. The Hall–Kier alpha value is -3.71. The van der Waals surface area contributed by atoms with Crippen molar-refractivity contribution in [2.75, 3.05) is 31.1 Å². The van der Waals surface area contributed by atoms with Crippen LogP contribution in [-0.2, 0) is 4.79 Å². The molecule has 1 aromatic heterocycles. The minimum atomic E-state index is -0.309. The number of thiophene rings is 1. The van der Waals surface area contributed by atoms with Gasteiger partial charge in [0.1, 0.15) is 5.70 Å². The lowest BCUT2D eigenvalue weighted by Gasteiger charge is -2.36. The maximum atomic E-state index is 13.3. The molecule has 0 spiro atoms. The SMILES string of the molecule is CC(=O)c1ccc(N2CCN(C(=O)/C(=C\c3cccs3)NC(=O)c3ccccc3)CC2)cc1. The van der Waals surface area contributed by atoms with Gasteiger partial charge in [0, 0.05) is 47.9 Å². The molecule has 2 amide bonds. The van der Waals surface area contributed by atoms with Gasteiger partial charge < -0.3 is 15.1 Å². The minimum Gasteiger partial charge on any atom is -0.368 e. The van der Waals surface area contributed by atoms with Crippen LogP contribution in [0, 0.1) is 0 Å². The lowest BCUT2D eigenvalue weighted by atomic mass is 10.1. The zero-order valence-corrected chi connectivity index (χ0v) is 19.2. The topological polar surface area (TPSA) is 69.7 Å². The van der Waals surface area contributed by atoms with Crippen molar-refractivity contribution < 1.29 is 14.4 Å². The third-order valence-electron chi connectivity index (χ3n) is 5.55. The molecule has 1 aliphatic rings. The summed E-state index contributed by atoms with van der Waals surface area (Å²) < 4.78 is 0. The van der Waals surface area contributed by atoms with Crippen LogP contribution < -0.4 is 10.2 Å². The summed E-state index contributed by atoms with van der Waals surface area (Å²) in [6, 6.07) is 20.2. The lowest BCUT2D eigenvalue weighted by Crippen LogP contribution is -2.50. The van der Waals surface area contributed by atoms with Crippen LogP contribution in [0.1, 0.15) is 32.5 Å². The molecule has 6 nitrogen and oxygen atoms in total. The first-order valence-electron chi connectivity index (χ1n) is 10.8. The van der Waals surface area contributed by atoms with Crippen molar-refractivity contribution in [1.82, 2.24) is 10.2 Å². The van der Waals surface area contributed by atoms with E-state index >= 15 is 0 Å². The highest BCUT2D eigenvalue weighted by molar-refractivity contribution is 7.10. The molecule has 0 aliphatic carbocycles. The Bertz CT molecular complexity index is 1150. The number of anilines is 1. The molecule has 1 N–H and O–H groups in total. The van der Waals surface area contributed by atoms with Crippen LogP contribution in [0.25, 0.3) is 6.08 Å². The van der Waals surface area contributed by atoms with Gasteiger partial charge in [0.2, 0.25) is 0 Å². The predicted molar refractivity (Wildman–Crippen MR) is 131 cm³/mol. The normalized spacial score (nSPS) is 14.2. The molecule has 1 saturated heterocycles. The van der Waals surface area contributed by atoms with E-state index in [-0.39, 0.29) is 23.3 Å². The Morgan fingerprint density at radius 1 is 0.848 bits per heavy atom. The standard InChI is InChI=1S/C26H25N3O3S/c1-19(30)20-9-11-22(12-10-20)28-13-15-29(16-14-28)26(32)24(18-23-8-5-17-33-23)27-25(31)21-6-3-2-4-7-21/h2-12,17-18H,13-16H2,1H3,(H,27,31)/b24-18+. The number of benzene rings is 2. The lowest BCUT2D eigenvalue weighted by molar-refractivity contribution is -0.127. The third kappa shape index (κ3) is 5.56. The van der Waals surface area contributed by atoms with Crippen LogP contribution in [0.3, 0.4) is 0 Å². The van der Waals surface area contributed by atoms with Gasteiger partial charge in [-0.2, -0.15) is 0 Å². The number of nitrogens with one attached hydrogen (secondary N) is 1. The fourth-order valence-corrected chi connectivity index (χ4v) is 4.35. The summed E-state index contributed by atoms with van der Waals surface area (Å²) in [6.45, 7) is 3.97. The highest BCUT2D eigenvalue weighted by Gasteiger charge is 2.25. The molecule has 168 valence electrons. The van der Waals surface area contributed by atoms with Gasteiger partial charge in [-0.05, 0) is 60.8 Å². The summed E-state index contributed by atoms with van der Waals surface area (Å²) >= 11 is 1.51. The van der Waals surface area contributed by atoms with Gasteiger partial charge >= 0.3 is 0 Å². The number of carbonyl (C=O) groups excluding carboxylic acids is 3. The van der Waals surface area contributed by atoms with Crippen molar-refractivity contribution in [3.63, 3.8) is 0 Å². The number of amides is 2. The van der Waals surface area contributed by atoms with Crippen molar-refractivity contribution in [3.8, 4) is 0 Å². The minimum absolute atomic E-state index is 0.0413. The van der Waals surface area contributed by atoms with Crippen molar-refractivity contribution in [1.29, 1.82) is 0 Å². The first-order valence-corrected chi connectivity index (χ1v) is 11.7. The second-order valence-corrected chi connectivity index (χ2v) is 8.76. The van der Waals surface area contributed by atoms with Crippen LogP contribution in [0.2, 0.25) is 0 Å². The smallest absolute Gasteiger partial charge is 0.270 e. The quantitative estimate of drug-likeness (QED) is 0.446. The van der Waals surface area contributed by atoms with Crippen LogP contribution in [0.15, 0.2) is 77.8 Å². The molecular formula is C26H25N3O3S. The average Bonchev–Trinajstić information content (AvgIpc) is 3.37. The van der Waals surface area contributed by atoms with Gasteiger partial charge in [-0.25, -0.2) is 0 Å². The summed E-state index contributed by atoms with van der Waals surface area (Å²) in [5.74, 6) is -0.463. The van der Waals surface area contributed by atoms with E-state index in [1.54, 1.807) is 42.2 Å². The average molecular weight is 460 g/mol. The zero-order chi connectivity index (χ0) is 23.2. The van der Waals surface area contributed by atoms with E-state index in [0.29, 0.717) is 37.3 Å². The number of nitrogens with zero attached hydrogens (tertiary/aromatic N) is 2. The molecule has 0 bridgehead atoms. The van der Waals surface area contributed by atoms with E-state index in [4.69, 9.17) is 0 Å². The summed E-state index contributed by atoms with van der Waals surface area (Å²) in [5.41, 5.74) is 2.48. The number of hydrogen-bond acceptors (Lipinski definition) is 5. The van der Waals surface area contributed by atoms with Crippen LogP contribution >= 0.6 is 11.3 Å². The Morgan fingerprint density at radius 3 is 2.15 bits per heavy atom. The van der Waals surface area contributed by atoms with Crippen molar-refractivity contribution in [2.45, 2.75) is 6.92 Å². The number of ketones is 1. The maximum absolute atomic E-state index is 13.3. The predicted octanol–water partition coefficient (Wildman–Crippen LogP) is 4.07. The van der Waals surface area contributed by atoms with E-state index in [1.165, 1.54) is 11.3 Å². The first kappa shape index (κ1) is 22.5. The molecule has 33 heavy (non-hydrogen) atoms. The number of piperazine rings is 1. The summed E-state index contributed by atoms with van der Waals surface area (Å²) in [7, 11) is 0. The molecule has 0 radical (unpaired) electrons. The second-order valence-electron chi connectivity index (χ2n) is 7.78. The molecule has 7 heteroatoms. The van der Waals surface area contributed by atoms with Crippen LogP contribution in [0.5, 0.6) is 0 Å². The van der Waals surface area contributed by atoms with E-state index in [2.05, 4.69) is 10.2 Å². The van der Waals surface area contributed by atoms with Crippen molar-refractivity contribution in [3.05, 3.63) is 93.8 Å². The van der Waals surface area contributed by atoms with E-state index in [1.807, 2.05) is 47.8 Å². The molecule has 1 aliphatic heterocycles. The first-order chi connectivity index (χ1) is 16.0. The maximum Gasteiger partial charge on any atom is 0.270 e. The zero-order valence-electron chi connectivity index (χ0n) is 18.4.